The molecule has 0 bridgehead atoms. The van der Waals surface area contributed by atoms with E-state index in [-0.39, 0.29) is 29.4 Å². The van der Waals surface area contributed by atoms with Crippen molar-refractivity contribution in [1.29, 1.82) is 0 Å². The van der Waals surface area contributed by atoms with Gasteiger partial charge in [-0.05, 0) is 35.7 Å². The van der Waals surface area contributed by atoms with E-state index < -0.39 is 9.84 Å². The number of amides is 1. The predicted octanol–water partition coefficient (Wildman–Crippen LogP) is 2.09. The van der Waals surface area contributed by atoms with E-state index in [1.165, 1.54) is 0 Å². The van der Waals surface area contributed by atoms with Crippen LogP contribution in [0.3, 0.4) is 0 Å². The molecule has 1 amide bonds. The average molecular weight is 351 g/mol. The zero-order chi connectivity index (χ0) is 16.2. The van der Waals surface area contributed by atoms with Gasteiger partial charge in [-0.3, -0.25) is 4.79 Å². The van der Waals surface area contributed by atoms with Crippen LogP contribution >= 0.6 is 11.3 Å². The van der Waals surface area contributed by atoms with Crippen LogP contribution in [-0.4, -0.2) is 35.6 Å². The van der Waals surface area contributed by atoms with E-state index in [1.807, 2.05) is 18.4 Å². The van der Waals surface area contributed by atoms with Crippen LogP contribution in [0, 0.1) is 6.92 Å². The van der Waals surface area contributed by atoms with Gasteiger partial charge in [0.05, 0.1) is 23.2 Å². The number of aromatic nitrogens is 2. The summed E-state index contributed by atoms with van der Waals surface area (Å²) in [5, 5.41) is 11.6. The maximum Gasteiger partial charge on any atom is 0.226 e. The molecule has 8 heteroatoms. The fraction of sp³-hybridized carbons (Fsp3) is 0.467. The molecule has 1 N–H and O–H groups in total. The monoisotopic (exact) mass is 351 g/mol. The molecule has 1 saturated heterocycles. The second kappa shape index (κ2) is 5.17. The van der Waals surface area contributed by atoms with E-state index in [0.29, 0.717) is 18.7 Å². The van der Waals surface area contributed by atoms with E-state index in [9.17, 15) is 13.2 Å². The largest absolute Gasteiger partial charge is 0.311 e. The molecule has 0 aliphatic carbocycles. The van der Waals surface area contributed by atoms with Gasteiger partial charge in [0.2, 0.25) is 5.91 Å². The summed E-state index contributed by atoms with van der Waals surface area (Å²) < 4.78 is 25.3. The number of hydrogen-bond acceptors (Lipinski definition) is 5. The van der Waals surface area contributed by atoms with Crippen molar-refractivity contribution >= 4 is 32.9 Å². The molecule has 2 aromatic rings. The molecule has 0 radical (unpaired) electrons. The third-order valence-electron chi connectivity index (χ3n) is 4.63. The van der Waals surface area contributed by atoms with Gasteiger partial charge in [-0.25, -0.2) is 13.1 Å². The molecular weight excluding hydrogens is 334 g/mol. The zero-order valence-electron chi connectivity index (χ0n) is 12.7. The van der Waals surface area contributed by atoms with Gasteiger partial charge in [0.25, 0.3) is 0 Å². The predicted molar refractivity (Wildman–Crippen MR) is 88.7 cm³/mol. The Labute approximate surface area is 138 Å². The SMILES string of the molecule is Cc1nn(C2CCS(=O)(=O)C2)c2c1C(c1ccsc1)CC(=O)N2. The molecule has 2 aromatic heterocycles. The Balaban J connectivity index is 1.81. The Morgan fingerprint density at radius 3 is 2.91 bits per heavy atom. The first-order chi connectivity index (χ1) is 10.9. The number of sulfone groups is 1. The highest BCUT2D eigenvalue weighted by atomic mass is 32.2. The summed E-state index contributed by atoms with van der Waals surface area (Å²) in [6, 6.07) is 1.85. The van der Waals surface area contributed by atoms with Gasteiger partial charge in [0.1, 0.15) is 5.82 Å². The van der Waals surface area contributed by atoms with Crippen molar-refractivity contribution in [3.63, 3.8) is 0 Å². The summed E-state index contributed by atoms with van der Waals surface area (Å²) in [7, 11) is -3.00. The summed E-state index contributed by atoms with van der Waals surface area (Å²) in [5.74, 6) is 0.914. The van der Waals surface area contributed by atoms with Crippen molar-refractivity contribution in [2.24, 2.45) is 0 Å². The number of fused-ring (bicyclic) bond motifs is 1. The van der Waals surface area contributed by atoms with Crippen LogP contribution in [0.25, 0.3) is 0 Å². The summed E-state index contributed by atoms with van der Waals surface area (Å²) in [6.45, 7) is 1.93. The lowest BCUT2D eigenvalue weighted by molar-refractivity contribution is -0.116. The maximum atomic E-state index is 12.2. The molecule has 4 rings (SSSR count). The number of nitrogens with one attached hydrogen (secondary N) is 1. The Kier molecular flexibility index (Phi) is 3.35. The van der Waals surface area contributed by atoms with Crippen molar-refractivity contribution in [1.82, 2.24) is 9.78 Å². The number of aryl methyl sites for hydroxylation is 1. The maximum absolute atomic E-state index is 12.2. The average Bonchev–Trinajstić information content (AvgIpc) is 3.18. The minimum absolute atomic E-state index is 0.00300. The van der Waals surface area contributed by atoms with Crippen LogP contribution in [0.4, 0.5) is 5.82 Å². The van der Waals surface area contributed by atoms with Crippen molar-refractivity contribution in [2.75, 3.05) is 16.8 Å². The van der Waals surface area contributed by atoms with E-state index in [2.05, 4.69) is 15.8 Å². The van der Waals surface area contributed by atoms with E-state index in [4.69, 9.17) is 0 Å². The minimum Gasteiger partial charge on any atom is -0.311 e. The number of nitrogens with zero attached hydrogens (tertiary/aromatic N) is 2. The summed E-state index contributed by atoms with van der Waals surface area (Å²) in [4.78, 5) is 12.2. The number of carbonyl (C=O) groups is 1. The molecule has 2 unspecified atom stereocenters. The van der Waals surface area contributed by atoms with E-state index >= 15 is 0 Å². The fourth-order valence-electron chi connectivity index (χ4n) is 3.56. The van der Waals surface area contributed by atoms with Gasteiger partial charge >= 0.3 is 0 Å². The Bertz CT molecular complexity index is 868. The first kappa shape index (κ1) is 14.9. The van der Waals surface area contributed by atoms with Crippen LogP contribution in [0.5, 0.6) is 0 Å². The third-order valence-corrected chi connectivity index (χ3v) is 7.08. The van der Waals surface area contributed by atoms with E-state index in [0.717, 1.165) is 16.8 Å². The normalized spacial score (nSPS) is 26.0. The molecule has 4 heterocycles. The highest BCUT2D eigenvalue weighted by molar-refractivity contribution is 7.91. The molecular formula is C15H17N3O3S2. The summed E-state index contributed by atoms with van der Waals surface area (Å²) in [5.41, 5.74) is 3.00. The van der Waals surface area contributed by atoms with Crippen molar-refractivity contribution in [3.8, 4) is 0 Å². The molecule has 23 heavy (non-hydrogen) atoms. The van der Waals surface area contributed by atoms with Crippen molar-refractivity contribution in [3.05, 3.63) is 33.6 Å². The van der Waals surface area contributed by atoms with Gasteiger partial charge < -0.3 is 5.32 Å². The molecule has 0 saturated carbocycles. The molecule has 1 fully saturated rings. The molecule has 2 aliphatic rings. The zero-order valence-corrected chi connectivity index (χ0v) is 14.3. The summed E-state index contributed by atoms with van der Waals surface area (Å²) in [6.07, 6.45) is 0.952. The smallest absolute Gasteiger partial charge is 0.226 e. The molecule has 2 atom stereocenters. The lowest BCUT2D eigenvalue weighted by Crippen LogP contribution is -2.26. The second-order valence-electron chi connectivity index (χ2n) is 6.21. The van der Waals surface area contributed by atoms with Crippen LogP contribution in [0.2, 0.25) is 0 Å². The number of thiophene rings is 1. The summed E-state index contributed by atoms with van der Waals surface area (Å²) >= 11 is 1.61. The Morgan fingerprint density at radius 2 is 2.26 bits per heavy atom. The Hall–Kier alpha value is -1.67. The van der Waals surface area contributed by atoms with Crippen molar-refractivity contribution < 1.29 is 13.2 Å². The first-order valence-corrected chi connectivity index (χ1v) is 10.3. The number of carbonyl (C=O) groups excluding carboxylic acids is 1. The second-order valence-corrected chi connectivity index (χ2v) is 9.22. The number of hydrogen-bond donors (Lipinski definition) is 1. The van der Waals surface area contributed by atoms with Crippen LogP contribution in [-0.2, 0) is 14.6 Å². The van der Waals surface area contributed by atoms with Gasteiger partial charge in [-0.2, -0.15) is 16.4 Å². The fourth-order valence-corrected chi connectivity index (χ4v) is 5.97. The molecule has 122 valence electrons. The van der Waals surface area contributed by atoms with Crippen LogP contribution in [0.1, 0.15) is 41.6 Å². The van der Waals surface area contributed by atoms with Gasteiger partial charge in [0, 0.05) is 17.9 Å². The molecule has 0 aromatic carbocycles. The lowest BCUT2D eigenvalue weighted by atomic mass is 9.87. The number of rotatable bonds is 2. The van der Waals surface area contributed by atoms with Gasteiger partial charge in [-0.1, -0.05) is 0 Å². The standard InChI is InChI=1S/C15H17N3O3S2/c1-9-14-12(10-2-4-22-7-10)6-13(19)16-15(14)18(17-9)11-3-5-23(20,21)8-11/h2,4,7,11-12H,3,5-6,8H2,1H3,(H,16,19). The minimum atomic E-state index is -3.00. The topological polar surface area (TPSA) is 81.1 Å². The van der Waals surface area contributed by atoms with Crippen LogP contribution in [0.15, 0.2) is 16.8 Å². The highest BCUT2D eigenvalue weighted by Crippen LogP contribution is 2.41. The van der Waals surface area contributed by atoms with Crippen LogP contribution < -0.4 is 5.32 Å². The number of anilines is 1. The third kappa shape index (κ3) is 2.49. The lowest BCUT2D eigenvalue weighted by Gasteiger charge is -2.24. The van der Waals surface area contributed by atoms with Gasteiger partial charge in [0.15, 0.2) is 9.84 Å². The molecule has 0 spiro atoms. The van der Waals surface area contributed by atoms with Crippen molar-refractivity contribution in [2.45, 2.75) is 31.7 Å². The quantitative estimate of drug-likeness (QED) is 0.898. The highest BCUT2D eigenvalue weighted by Gasteiger charge is 2.37. The van der Waals surface area contributed by atoms with E-state index in [1.54, 1.807) is 16.0 Å². The molecule has 6 nitrogen and oxygen atoms in total. The molecule has 2 aliphatic heterocycles. The first-order valence-electron chi connectivity index (χ1n) is 7.56. The van der Waals surface area contributed by atoms with Gasteiger partial charge in [-0.15, -0.1) is 0 Å². The Morgan fingerprint density at radius 1 is 1.43 bits per heavy atom.